The number of ketones is 1. The van der Waals surface area contributed by atoms with E-state index in [1.807, 2.05) is 32.0 Å². The van der Waals surface area contributed by atoms with Crippen LogP contribution < -0.4 is 4.90 Å². The summed E-state index contributed by atoms with van der Waals surface area (Å²) in [6.07, 6.45) is 0.0580. The van der Waals surface area contributed by atoms with Gasteiger partial charge in [-0.05, 0) is 43.2 Å². The Morgan fingerprint density at radius 2 is 1.82 bits per heavy atom. The summed E-state index contributed by atoms with van der Waals surface area (Å²) in [7, 11) is 0. The maximum Gasteiger partial charge on any atom is 0.311 e. The van der Waals surface area contributed by atoms with E-state index in [9.17, 15) is 14.4 Å². The second kappa shape index (κ2) is 8.33. The lowest BCUT2D eigenvalue weighted by Crippen LogP contribution is -2.28. The Kier molecular flexibility index (Phi) is 6.06. The standard InChI is InChI=1S/C21H19Cl2NO4/c1-12-4-3-5-13(2)20(12)24-10-14(8-19(24)26)21(27)28-11-18(25)16-7-6-15(22)9-17(16)23/h3-7,9,14H,8,10-11H2,1-2H3/t14-/m0/s1. The molecular formula is C21H19Cl2NO4. The lowest BCUT2D eigenvalue weighted by molar-refractivity contribution is -0.147. The highest BCUT2D eigenvalue weighted by atomic mass is 35.5. The van der Waals surface area contributed by atoms with E-state index in [2.05, 4.69) is 0 Å². The van der Waals surface area contributed by atoms with Crippen LogP contribution in [0.4, 0.5) is 5.69 Å². The molecule has 1 aliphatic rings. The van der Waals surface area contributed by atoms with Crippen molar-refractivity contribution in [2.24, 2.45) is 5.92 Å². The highest BCUT2D eigenvalue weighted by Gasteiger charge is 2.37. The first-order valence-corrected chi connectivity index (χ1v) is 9.55. The number of Topliss-reactive ketones (excluding diaryl/α,β-unsaturated/α-hetero) is 1. The molecule has 3 rings (SSSR count). The van der Waals surface area contributed by atoms with Gasteiger partial charge >= 0.3 is 5.97 Å². The molecule has 7 heteroatoms. The molecule has 1 amide bonds. The molecule has 0 N–H and O–H groups in total. The molecule has 28 heavy (non-hydrogen) atoms. The van der Waals surface area contributed by atoms with Crippen LogP contribution in [-0.4, -0.2) is 30.8 Å². The summed E-state index contributed by atoms with van der Waals surface area (Å²) < 4.78 is 5.16. The normalized spacial score (nSPS) is 16.4. The number of esters is 1. The molecule has 0 bridgehead atoms. The smallest absolute Gasteiger partial charge is 0.311 e. The molecule has 1 saturated heterocycles. The molecule has 2 aromatic rings. The zero-order valence-corrected chi connectivity index (χ0v) is 17.0. The number of nitrogens with zero attached hydrogens (tertiary/aromatic N) is 1. The Labute approximate surface area is 173 Å². The van der Waals surface area contributed by atoms with Crippen LogP contribution in [-0.2, 0) is 14.3 Å². The quantitative estimate of drug-likeness (QED) is 0.532. The molecule has 1 heterocycles. The molecular weight excluding hydrogens is 401 g/mol. The maximum atomic E-state index is 12.5. The SMILES string of the molecule is Cc1cccc(C)c1N1C[C@@H](C(=O)OCC(=O)c2ccc(Cl)cc2Cl)CC1=O. The lowest BCUT2D eigenvalue weighted by atomic mass is 10.1. The third kappa shape index (κ3) is 4.21. The van der Waals surface area contributed by atoms with Crippen LogP contribution in [0.3, 0.4) is 0 Å². The van der Waals surface area contributed by atoms with E-state index >= 15 is 0 Å². The number of benzene rings is 2. The number of halogens is 2. The summed E-state index contributed by atoms with van der Waals surface area (Å²) in [5.41, 5.74) is 3.00. The van der Waals surface area contributed by atoms with Crippen molar-refractivity contribution < 1.29 is 19.1 Å². The molecule has 0 aliphatic carbocycles. The van der Waals surface area contributed by atoms with Crippen molar-refractivity contribution >= 4 is 46.5 Å². The van der Waals surface area contributed by atoms with E-state index < -0.39 is 24.3 Å². The van der Waals surface area contributed by atoms with Gasteiger partial charge in [0.1, 0.15) is 0 Å². The van der Waals surface area contributed by atoms with Gasteiger partial charge in [0, 0.05) is 29.2 Å². The van der Waals surface area contributed by atoms with Crippen molar-refractivity contribution in [1.82, 2.24) is 0 Å². The molecule has 0 unspecified atom stereocenters. The second-order valence-corrected chi connectivity index (χ2v) is 7.64. The van der Waals surface area contributed by atoms with Crippen LogP contribution in [0.5, 0.6) is 0 Å². The van der Waals surface area contributed by atoms with Crippen LogP contribution in [0.2, 0.25) is 10.0 Å². The van der Waals surface area contributed by atoms with Crippen molar-refractivity contribution in [2.45, 2.75) is 20.3 Å². The lowest BCUT2D eigenvalue weighted by Gasteiger charge is -2.21. The molecule has 0 saturated carbocycles. The predicted octanol–water partition coefficient (Wildman–Crippen LogP) is 4.39. The van der Waals surface area contributed by atoms with Gasteiger partial charge in [-0.15, -0.1) is 0 Å². The predicted molar refractivity (Wildman–Crippen MR) is 108 cm³/mol. The van der Waals surface area contributed by atoms with Gasteiger partial charge in [0.2, 0.25) is 11.7 Å². The largest absolute Gasteiger partial charge is 0.457 e. The zero-order chi connectivity index (χ0) is 20.4. The number of carbonyl (C=O) groups is 3. The van der Waals surface area contributed by atoms with E-state index in [1.165, 1.54) is 12.1 Å². The number of aryl methyl sites for hydroxylation is 2. The van der Waals surface area contributed by atoms with E-state index in [-0.39, 0.29) is 29.5 Å². The molecule has 146 valence electrons. The third-order valence-corrected chi connectivity index (χ3v) is 5.29. The van der Waals surface area contributed by atoms with E-state index in [1.54, 1.807) is 11.0 Å². The number of carbonyl (C=O) groups excluding carboxylic acids is 3. The number of anilines is 1. The van der Waals surface area contributed by atoms with Gasteiger partial charge in [-0.2, -0.15) is 0 Å². The first-order valence-electron chi connectivity index (χ1n) is 8.79. The molecule has 1 atom stereocenters. The van der Waals surface area contributed by atoms with Gasteiger partial charge in [-0.3, -0.25) is 14.4 Å². The topological polar surface area (TPSA) is 63.7 Å². The van der Waals surface area contributed by atoms with Crippen molar-refractivity contribution in [3.63, 3.8) is 0 Å². The Hall–Kier alpha value is -2.37. The van der Waals surface area contributed by atoms with E-state index in [0.717, 1.165) is 16.8 Å². The first kappa shape index (κ1) is 20.4. The van der Waals surface area contributed by atoms with Crippen molar-refractivity contribution in [2.75, 3.05) is 18.1 Å². The number of amides is 1. The van der Waals surface area contributed by atoms with Gasteiger partial charge in [0.05, 0.1) is 10.9 Å². The first-order chi connectivity index (χ1) is 13.3. The molecule has 1 fully saturated rings. The van der Waals surface area contributed by atoms with Crippen LogP contribution in [0.1, 0.15) is 27.9 Å². The Morgan fingerprint density at radius 1 is 1.14 bits per heavy atom. The number of ether oxygens (including phenoxy) is 1. The molecule has 1 aliphatic heterocycles. The monoisotopic (exact) mass is 419 g/mol. The number of para-hydroxylation sites is 1. The average Bonchev–Trinajstić information content (AvgIpc) is 3.01. The van der Waals surface area contributed by atoms with Crippen LogP contribution in [0.25, 0.3) is 0 Å². The number of hydrogen-bond acceptors (Lipinski definition) is 4. The van der Waals surface area contributed by atoms with Gasteiger partial charge in [0.25, 0.3) is 0 Å². The Morgan fingerprint density at radius 3 is 2.46 bits per heavy atom. The Balaban J connectivity index is 1.64. The fourth-order valence-corrected chi connectivity index (χ4v) is 3.87. The summed E-state index contributed by atoms with van der Waals surface area (Å²) in [5, 5.41) is 0.611. The van der Waals surface area contributed by atoms with Crippen molar-refractivity contribution in [3.8, 4) is 0 Å². The second-order valence-electron chi connectivity index (χ2n) is 6.80. The fraction of sp³-hybridized carbons (Fsp3) is 0.286. The van der Waals surface area contributed by atoms with Gasteiger partial charge in [-0.25, -0.2) is 0 Å². The van der Waals surface area contributed by atoms with Crippen LogP contribution in [0, 0.1) is 19.8 Å². The number of rotatable bonds is 5. The molecule has 2 aromatic carbocycles. The minimum atomic E-state index is -0.611. The summed E-state index contributed by atoms with van der Waals surface area (Å²) in [4.78, 5) is 38.7. The van der Waals surface area contributed by atoms with Crippen LogP contribution >= 0.6 is 23.2 Å². The third-order valence-electron chi connectivity index (χ3n) is 4.74. The summed E-state index contributed by atoms with van der Waals surface area (Å²) in [6.45, 7) is 3.65. The average molecular weight is 420 g/mol. The minimum absolute atomic E-state index is 0.0580. The Bertz CT molecular complexity index is 937. The maximum absolute atomic E-state index is 12.5. The van der Waals surface area contributed by atoms with Crippen molar-refractivity contribution in [1.29, 1.82) is 0 Å². The zero-order valence-electron chi connectivity index (χ0n) is 15.5. The van der Waals surface area contributed by atoms with Gasteiger partial charge in [0.15, 0.2) is 6.61 Å². The van der Waals surface area contributed by atoms with Gasteiger partial charge < -0.3 is 9.64 Å². The molecule has 0 spiro atoms. The number of hydrogen-bond donors (Lipinski definition) is 0. The van der Waals surface area contributed by atoms with Crippen LogP contribution in [0.15, 0.2) is 36.4 Å². The van der Waals surface area contributed by atoms with Crippen molar-refractivity contribution in [3.05, 3.63) is 63.1 Å². The van der Waals surface area contributed by atoms with E-state index in [4.69, 9.17) is 27.9 Å². The van der Waals surface area contributed by atoms with E-state index in [0.29, 0.717) is 5.02 Å². The highest BCUT2D eigenvalue weighted by molar-refractivity contribution is 6.36. The van der Waals surface area contributed by atoms with Gasteiger partial charge in [-0.1, -0.05) is 41.4 Å². The molecule has 0 radical (unpaired) electrons. The summed E-state index contributed by atoms with van der Waals surface area (Å²) >= 11 is 11.8. The molecule has 0 aromatic heterocycles. The fourth-order valence-electron chi connectivity index (χ4n) is 3.36. The summed E-state index contributed by atoms with van der Waals surface area (Å²) in [5.74, 6) is -1.74. The highest BCUT2D eigenvalue weighted by Crippen LogP contribution is 2.31. The summed E-state index contributed by atoms with van der Waals surface area (Å²) in [6, 6.07) is 10.3. The molecule has 5 nitrogen and oxygen atoms in total. The minimum Gasteiger partial charge on any atom is -0.457 e.